The highest BCUT2D eigenvalue weighted by Crippen LogP contribution is 2.22. The third kappa shape index (κ3) is 16.4. The Hall–Kier alpha value is -7.88. The second-order valence-electron chi connectivity index (χ2n) is 16.8. The molecule has 6 atom stereocenters. The van der Waals surface area contributed by atoms with Crippen molar-refractivity contribution >= 4 is 80.9 Å². The number of aromatic nitrogens is 1. The van der Waals surface area contributed by atoms with Gasteiger partial charge in [0.05, 0.1) is 6.42 Å². The standard InChI is InChI=1S/C48H61N9O13/c1-3-4-16-38(45(65)56-36(25-42(61)62)44(64)55-35(43(50)63)23-28-12-9-11-27-10-5-6-13-30(27)28)57(2)46(66)37(24-29-26-52-33-15-8-7-14-31(29)33)54-41(60)21-22-51-39(58)20-18-34(48(69)70)53-40(59)19-17-32(49)47(67)68/h5-15,26,32,34-38,52H,3-4,16-25,49H2,1-2H3,(H2,50,63)(H,51,58)(H,53,59)(H,54,60)(H,55,64)(H,56,65)(H,61,62)(H,67,68)(H,69,70)/t32-,34?,35+,36+,37+,38+/m1/s1. The Balaban J connectivity index is 1.46. The fourth-order valence-corrected chi connectivity index (χ4v) is 7.73. The van der Waals surface area contributed by atoms with Crippen LogP contribution in [0.2, 0.25) is 0 Å². The number of carbonyl (C=O) groups excluding carboxylic acids is 7. The SMILES string of the molecule is CCCC[C@@H](C(=O)N[C@@H](CC(=O)O)C(=O)N[C@@H](Cc1cccc2ccccc12)C(N)=O)N(C)C(=O)[C@H](Cc1c[nH]c2ccccc12)NC(=O)CCNC(=O)CCC(NC(=O)CC[C@@H](N)C(=O)O)C(=O)O. The van der Waals surface area contributed by atoms with Crippen LogP contribution in [0.25, 0.3) is 21.7 Å². The number of rotatable bonds is 29. The van der Waals surface area contributed by atoms with Gasteiger partial charge < -0.3 is 63.3 Å². The highest BCUT2D eigenvalue weighted by Gasteiger charge is 2.36. The number of nitrogens with two attached hydrogens (primary N) is 2. The summed E-state index contributed by atoms with van der Waals surface area (Å²) in [5.41, 5.74) is 13.2. The number of carboxylic acids is 3. The Morgan fingerprint density at radius 3 is 1.93 bits per heavy atom. The van der Waals surface area contributed by atoms with Crippen LogP contribution < -0.4 is 38.1 Å². The van der Waals surface area contributed by atoms with Crippen molar-refractivity contribution in [3.05, 3.63) is 84.1 Å². The first kappa shape index (κ1) is 54.7. The third-order valence-corrected chi connectivity index (χ3v) is 11.6. The summed E-state index contributed by atoms with van der Waals surface area (Å²) in [6.45, 7) is 1.61. The first-order chi connectivity index (χ1) is 33.3. The number of carboxylic acid groups (broad SMARTS) is 3. The molecule has 376 valence electrons. The largest absolute Gasteiger partial charge is 0.481 e. The summed E-state index contributed by atoms with van der Waals surface area (Å²) in [5, 5.41) is 43.1. The van der Waals surface area contributed by atoms with Crippen molar-refractivity contribution in [2.24, 2.45) is 11.5 Å². The van der Waals surface area contributed by atoms with Crippen LogP contribution in [0, 0.1) is 0 Å². The Bertz CT molecular complexity index is 2540. The second-order valence-corrected chi connectivity index (χ2v) is 16.8. The molecule has 3 aromatic carbocycles. The Morgan fingerprint density at radius 1 is 0.643 bits per heavy atom. The van der Waals surface area contributed by atoms with E-state index in [-0.39, 0.29) is 57.9 Å². The average molecular weight is 972 g/mol. The lowest BCUT2D eigenvalue weighted by Gasteiger charge is -2.32. The van der Waals surface area contributed by atoms with E-state index < -0.39 is 102 Å². The number of hydrogen-bond acceptors (Lipinski definition) is 11. The minimum atomic E-state index is -1.70. The molecule has 0 aliphatic carbocycles. The molecule has 0 aliphatic rings. The zero-order chi connectivity index (χ0) is 51.5. The molecular formula is C48H61N9O13. The van der Waals surface area contributed by atoms with Gasteiger partial charge in [0.15, 0.2) is 0 Å². The van der Waals surface area contributed by atoms with Crippen molar-refractivity contribution in [1.82, 2.24) is 36.5 Å². The third-order valence-electron chi connectivity index (χ3n) is 11.6. The van der Waals surface area contributed by atoms with E-state index in [4.69, 9.17) is 16.6 Å². The summed E-state index contributed by atoms with van der Waals surface area (Å²) in [6, 6.07) is 11.7. The van der Waals surface area contributed by atoms with Crippen LogP contribution in [-0.2, 0) is 60.8 Å². The van der Waals surface area contributed by atoms with Gasteiger partial charge in [-0.25, -0.2) is 4.79 Å². The molecule has 1 aromatic heterocycles. The summed E-state index contributed by atoms with van der Waals surface area (Å²) in [6.07, 6.45) is 0.135. The summed E-state index contributed by atoms with van der Waals surface area (Å²) >= 11 is 0. The normalized spacial score (nSPS) is 13.6. The molecule has 0 fully saturated rings. The number of aromatic amines is 1. The summed E-state index contributed by atoms with van der Waals surface area (Å²) < 4.78 is 0. The van der Waals surface area contributed by atoms with Gasteiger partial charge in [0.25, 0.3) is 0 Å². The van der Waals surface area contributed by atoms with Gasteiger partial charge in [-0.2, -0.15) is 0 Å². The molecule has 7 amide bonds. The van der Waals surface area contributed by atoms with Crippen LogP contribution in [0.1, 0.15) is 75.8 Å². The topological polar surface area (TPSA) is 363 Å². The lowest BCUT2D eigenvalue weighted by atomic mass is 9.98. The van der Waals surface area contributed by atoms with E-state index in [1.165, 1.54) is 7.05 Å². The number of H-pyrrole nitrogens is 1. The van der Waals surface area contributed by atoms with Crippen molar-refractivity contribution in [3.8, 4) is 0 Å². The Labute approximate surface area is 402 Å². The fraction of sp³-hybridized carbons (Fsp3) is 0.417. The van der Waals surface area contributed by atoms with Crippen LogP contribution in [0.4, 0.5) is 0 Å². The van der Waals surface area contributed by atoms with Gasteiger partial charge in [-0.15, -0.1) is 0 Å². The molecule has 1 heterocycles. The maximum atomic E-state index is 14.5. The van der Waals surface area contributed by atoms with Crippen LogP contribution in [0.3, 0.4) is 0 Å². The van der Waals surface area contributed by atoms with E-state index in [0.29, 0.717) is 24.0 Å². The highest BCUT2D eigenvalue weighted by molar-refractivity contribution is 5.97. The number of carbonyl (C=O) groups is 10. The molecule has 0 bridgehead atoms. The number of hydrogen-bond donors (Lipinski definition) is 11. The first-order valence-corrected chi connectivity index (χ1v) is 22.8. The van der Waals surface area contributed by atoms with Gasteiger partial charge in [0.1, 0.15) is 36.3 Å². The molecule has 1 unspecified atom stereocenters. The molecule has 22 nitrogen and oxygen atoms in total. The zero-order valence-corrected chi connectivity index (χ0v) is 38.9. The fourth-order valence-electron chi connectivity index (χ4n) is 7.73. The van der Waals surface area contributed by atoms with Gasteiger partial charge in [-0.05, 0) is 47.2 Å². The number of amides is 7. The maximum absolute atomic E-state index is 14.5. The predicted molar refractivity (Wildman–Crippen MR) is 254 cm³/mol. The lowest BCUT2D eigenvalue weighted by molar-refractivity contribution is -0.144. The summed E-state index contributed by atoms with van der Waals surface area (Å²) in [5.74, 6) is -9.78. The van der Waals surface area contributed by atoms with Crippen molar-refractivity contribution in [2.75, 3.05) is 13.6 Å². The second kappa shape index (κ2) is 26.6. The predicted octanol–water partition coefficient (Wildman–Crippen LogP) is 0.586. The number of benzene rings is 3. The average Bonchev–Trinajstić information content (AvgIpc) is 3.73. The molecule has 4 aromatic rings. The molecule has 4 rings (SSSR count). The molecular weight excluding hydrogens is 911 g/mol. The molecule has 0 saturated carbocycles. The minimum absolute atomic E-state index is 0.0347. The van der Waals surface area contributed by atoms with Crippen LogP contribution in [0.15, 0.2) is 72.9 Å². The molecule has 22 heteroatoms. The van der Waals surface area contributed by atoms with Crippen LogP contribution in [0.5, 0.6) is 0 Å². The molecule has 0 aliphatic heterocycles. The maximum Gasteiger partial charge on any atom is 0.326 e. The van der Waals surface area contributed by atoms with Crippen LogP contribution in [-0.4, -0.2) is 134 Å². The number of nitrogens with one attached hydrogen (secondary N) is 6. The number of nitrogens with zero attached hydrogens (tertiary/aromatic N) is 1. The van der Waals surface area contributed by atoms with Gasteiger partial charge in [0.2, 0.25) is 41.4 Å². The van der Waals surface area contributed by atoms with Gasteiger partial charge in [-0.1, -0.05) is 80.4 Å². The summed E-state index contributed by atoms with van der Waals surface area (Å²) in [7, 11) is 1.34. The van der Waals surface area contributed by atoms with E-state index in [9.17, 15) is 58.2 Å². The number of primary amides is 1. The zero-order valence-electron chi connectivity index (χ0n) is 38.9. The number of unbranched alkanes of at least 4 members (excludes halogenated alkanes) is 1. The molecule has 0 saturated heterocycles. The van der Waals surface area contributed by atoms with Crippen molar-refractivity contribution in [1.29, 1.82) is 0 Å². The number of fused-ring (bicyclic) bond motifs is 2. The van der Waals surface area contributed by atoms with Gasteiger partial charge in [0, 0.05) is 62.8 Å². The quantitative estimate of drug-likeness (QED) is 0.0355. The number of para-hydroxylation sites is 1. The van der Waals surface area contributed by atoms with Gasteiger partial charge >= 0.3 is 17.9 Å². The monoisotopic (exact) mass is 971 g/mol. The van der Waals surface area contributed by atoms with E-state index in [0.717, 1.165) is 26.6 Å². The number of aliphatic carboxylic acids is 3. The molecule has 0 spiro atoms. The highest BCUT2D eigenvalue weighted by atomic mass is 16.4. The minimum Gasteiger partial charge on any atom is -0.481 e. The first-order valence-electron chi connectivity index (χ1n) is 22.8. The molecule has 0 radical (unpaired) electrons. The lowest BCUT2D eigenvalue weighted by Crippen LogP contribution is -2.59. The summed E-state index contributed by atoms with van der Waals surface area (Å²) in [4.78, 5) is 132. The Kier molecular flexibility index (Phi) is 20.8. The molecule has 70 heavy (non-hydrogen) atoms. The van der Waals surface area contributed by atoms with Crippen molar-refractivity contribution < 1.29 is 63.3 Å². The van der Waals surface area contributed by atoms with Crippen LogP contribution >= 0.6 is 0 Å². The van der Waals surface area contributed by atoms with Crippen molar-refractivity contribution in [2.45, 2.75) is 114 Å². The smallest absolute Gasteiger partial charge is 0.326 e. The van der Waals surface area contributed by atoms with E-state index in [1.54, 1.807) is 24.4 Å². The van der Waals surface area contributed by atoms with E-state index in [2.05, 4.69) is 31.6 Å². The van der Waals surface area contributed by atoms with E-state index in [1.807, 2.05) is 55.5 Å². The van der Waals surface area contributed by atoms with Crippen molar-refractivity contribution in [3.63, 3.8) is 0 Å². The number of likely N-dealkylation sites (N-methyl/N-ethyl adjacent to an activating group) is 1. The molecule has 13 N–H and O–H groups in total. The van der Waals surface area contributed by atoms with E-state index >= 15 is 0 Å². The van der Waals surface area contributed by atoms with Gasteiger partial charge in [-0.3, -0.25) is 43.2 Å². The Morgan fingerprint density at radius 2 is 1.26 bits per heavy atom.